The molecule has 0 radical (unpaired) electrons. The van der Waals surface area contributed by atoms with E-state index in [4.69, 9.17) is 10.8 Å². The zero-order valence-electron chi connectivity index (χ0n) is 10.0. The van der Waals surface area contributed by atoms with E-state index in [1.807, 2.05) is 6.92 Å². The number of nitrogens with two attached hydrogens (primary N) is 1. The highest BCUT2D eigenvalue weighted by molar-refractivity contribution is 5.95. The van der Waals surface area contributed by atoms with Crippen molar-refractivity contribution in [2.45, 2.75) is 25.8 Å². The maximum Gasteiger partial charge on any atom is 0.339 e. The highest BCUT2D eigenvalue weighted by atomic mass is 16.4. The van der Waals surface area contributed by atoms with Crippen LogP contribution in [0.5, 0.6) is 5.75 Å². The molecule has 5 N–H and O–H groups in total. The lowest BCUT2D eigenvalue weighted by molar-refractivity contribution is -0.116. The number of carboxylic acids is 1. The average Bonchev–Trinajstić information content (AvgIpc) is 2.31. The fraction of sp³-hybridized carbons (Fsp3) is 0.333. The van der Waals surface area contributed by atoms with E-state index in [1.165, 1.54) is 18.2 Å². The Morgan fingerprint density at radius 2 is 2.11 bits per heavy atom. The van der Waals surface area contributed by atoms with Gasteiger partial charge in [0.05, 0.1) is 0 Å². The summed E-state index contributed by atoms with van der Waals surface area (Å²) in [6.07, 6.45) is 0.850. The molecule has 0 aliphatic heterocycles. The van der Waals surface area contributed by atoms with Crippen LogP contribution in [0.3, 0.4) is 0 Å². The first-order valence-electron chi connectivity index (χ1n) is 5.55. The van der Waals surface area contributed by atoms with Gasteiger partial charge in [-0.05, 0) is 24.6 Å². The molecule has 0 heterocycles. The van der Waals surface area contributed by atoms with Crippen molar-refractivity contribution >= 4 is 17.6 Å². The number of nitrogens with one attached hydrogen (secondary N) is 1. The number of aromatic carboxylic acids is 1. The van der Waals surface area contributed by atoms with Gasteiger partial charge in [0, 0.05) is 18.2 Å². The molecule has 0 aliphatic carbocycles. The summed E-state index contributed by atoms with van der Waals surface area (Å²) in [5, 5.41) is 20.7. The Bertz CT molecular complexity index is 459. The molecule has 0 bridgehead atoms. The van der Waals surface area contributed by atoms with E-state index >= 15 is 0 Å². The largest absolute Gasteiger partial charge is 0.507 e. The summed E-state index contributed by atoms with van der Waals surface area (Å²) in [4.78, 5) is 22.3. The predicted octanol–water partition coefficient (Wildman–Crippen LogP) is 1.16. The maximum absolute atomic E-state index is 11.5. The van der Waals surface area contributed by atoms with Crippen LogP contribution < -0.4 is 11.1 Å². The van der Waals surface area contributed by atoms with Crippen LogP contribution in [0.1, 0.15) is 30.1 Å². The van der Waals surface area contributed by atoms with Crippen molar-refractivity contribution in [2.75, 3.05) is 5.32 Å². The highest BCUT2D eigenvalue weighted by Crippen LogP contribution is 2.21. The maximum atomic E-state index is 11.5. The number of rotatable bonds is 5. The molecule has 0 aliphatic rings. The Balaban J connectivity index is 2.76. The molecule has 1 atom stereocenters. The Hall–Kier alpha value is -2.08. The van der Waals surface area contributed by atoms with Crippen LogP contribution >= 0.6 is 0 Å². The van der Waals surface area contributed by atoms with Crippen molar-refractivity contribution in [3.05, 3.63) is 23.8 Å². The number of anilines is 1. The molecule has 0 aromatic heterocycles. The minimum Gasteiger partial charge on any atom is -0.507 e. The second-order valence-electron chi connectivity index (χ2n) is 3.96. The summed E-state index contributed by atoms with van der Waals surface area (Å²) in [5.74, 6) is -1.88. The summed E-state index contributed by atoms with van der Waals surface area (Å²) in [5.41, 5.74) is 5.70. The molecule has 0 saturated heterocycles. The van der Waals surface area contributed by atoms with Crippen molar-refractivity contribution in [1.29, 1.82) is 0 Å². The van der Waals surface area contributed by atoms with Crippen LogP contribution in [-0.2, 0) is 4.79 Å². The van der Waals surface area contributed by atoms with E-state index in [2.05, 4.69) is 5.32 Å². The number of hydrogen-bond donors (Lipinski definition) is 4. The van der Waals surface area contributed by atoms with Crippen molar-refractivity contribution < 1.29 is 19.8 Å². The van der Waals surface area contributed by atoms with E-state index < -0.39 is 5.97 Å². The van der Waals surface area contributed by atoms with Crippen LogP contribution in [0.15, 0.2) is 18.2 Å². The minimum absolute atomic E-state index is 0.166. The van der Waals surface area contributed by atoms with Gasteiger partial charge in [0.15, 0.2) is 0 Å². The van der Waals surface area contributed by atoms with Gasteiger partial charge in [-0.15, -0.1) is 0 Å². The van der Waals surface area contributed by atoms with Gasteiger partial charge < -0.3 is 21.3 Å². The normalized spacial score (nSPS) is 11.9. The predicted molar refractivity (Wildman–Crippen MR) is 66.6 cm³/mol. The van der Waals surface area contributed by atoms with Gasteiger partial charge in [-0.1, -0.05) is 6.92 Å². The van der Waals surface area contributed by atoms with Crippen LogP contribution in [0, 0.1) is 0 Å². The Morgan fingerprint density at radius 3 is 2.67 bits per heavy atom. The van der Waals surface area contributed by atoms with E-state index in [-0.39, 0.29) is 29.7 Å². The number of benzene rings is 1. The number of carbonyl (C=O) groups is 2. The average molecular weight is 252 g/mol. The molecule has 1 unspecified atom stereocenters. The Morgan fingerprint density at radius 1 is 1.44 bits per heavy atom. The van der Waals surface area contributed by atoms with E-state index in [0.717, 1.165) is 0 Å². The SMILES string of the molecule is CCC(N)CC(=O)Nc1ccc(O)c(C(=O)O)c1. The van der Waals surface area contributed by atoms with E-state index in [9.17, 15) is 14.7 Å². The number of amides is 1. The molecule has 98 valence electrons. The zero-order chi connectivity index (χ0) is 13.7. The lowest BCUT2D eigenvalue weighted by Crippen LogP contribution is -2.26. The van der Waals surface area contributed by atoms with Gasteiger partial charge in [0.25, 0.3) is 0 Å². The van der Waals surface area contributed by atoms with Crippen LogP contribution in [0.25, 0.3) is 0 Å². The first-order valence-corrected chi connectivity index (χ1v) is 5.55. The lowest BCUT2D eigenvalue weighted by Gasteiger charge is -2.10. The van der Waals surface area contributed by atoms with Crippen LogP contribution in [-0.4, -0.2) is 28.1 Å². The van der Waals surface area contributed by atoms with Crippen molar-refractivity contribution in [1.82, 2.24) is 0 Å². The molecular formula is C12H16N2O4. The van der Waals surface area contributed by atoms with Crippen LogP contribution in [0.4, 0.5) is 5.69 Å². The first-order chi connectivity index (χ1) is 8.43. The summed E-state index contributed by atoms with van der Waals surface area (Å²) >= 11 is 0. The second kappa shape index (κ2) is 6.02. The molecule has 0 spiro atoms. The number of carboxylic acid groups (broad SMARTS) is 1. The molecule has 6 heteroatoms. The van der Waals surface area contributed by atoms with Crippen molar-refractivity contribution in [2.24, 2.45) is 5.73 Å². The quantitative estimate of drug-likeness (QED) is 0.587. The lowest BCUT2D eigenvalue weighted by atomic mass is 10.1. The topological polar surface area (TPSA) is 113 Å². The minimum atomic E-state index is -1.26. The number of aromatic hydroxyl groups is 1. The third-order valence-corrected chi connectivity index (χ3v) is 2.48. The van der Waals surface area contributed by atoms with Gasteiger partial charge in [0.2, 0.25) is 5.91 Å². The molecule has 1 aromatic rings. The summed E-state index contributed by atoms with van der Waals surface area (Å²) in [7, 11) is 0. The van der Waals surface area contributed by atoms with E-state index in [0.29, 0.717) is 12.1 Å². The van der Waals surface area contributed by atoms with Gasteiger partial charge in [-0.2, -0.15) is 0 Å². The highest BCUT2D eigenvalue weighted by Gasteiger charge is 2.12. The molecular weight excluding hydrogens is 236 g/mol. The van der Waals surface area contributed by atoms with Gasteiger partial charge in [-0.25, -0.2) is 4.79 Å². The first kappa shape index (κ1) is 14.0. The third kappa shape index (κ3) is 3.74. The van der Waals surface area contributed by atoms with Gasteiger partial charge in [0.1, 0.15) is 11.3 Å². The Kier molecular flexibility index (Phi) is 4.67. The zero-order valence-corrected chi connectivity index (χ0v) is 10.0. The van der Waals surface area contributed by atoms with Crippen molar-refractivity contribution in [3.8, 4) is 5.75 Å². The number of phenols is 1. The molecule has 0 fully saturated rings. The molecule has 18 heavy (non-hydrogen) atoms. The number of hydrogen-bond acceptors (Lipinski definition) is 4. The monoisotopic (exact) mass is 252 g/mol. The summed E-state index contributed by atoms with van der Waals surface area (Å²) < 4.78 is 0. The molecule has 6 nitrogen and oxygen atoms in total. The van der Waals surface area contributed by atoms with Gasteiger partial charge in [-0.3, -0.25) is 4.79 Å². The molecule has 1 rings (SSSR count). The number of carbonyl (C=O) groups excluding carboxylic acids is 1. The second-order valence-corrected chi connectivity index (χ2v) is 3.96. The fourth-order valence-electron chi connectivity index (χ4n) is 1.38. The molecule has 1 aromatic carbocycles. The van der Waals surface area contributed by atoms with E-state index in [1.54, 1.807) is 0 Å². The standard InChI is InChI=1S/C12H16N2O4/c1-2-7(13)5-11(16)14-8-3-4-10(15)9(6-8)12(17)18/h3-4,6-7,15H,2,5,13H2,1H3,(H,14,16)(H,17,18). The van der Waals surface area contributed by atoms with Crippen molar-refractivity contribution in [3.63, 3.8) is 0 Å². The third-order valence-electron chi connectivity index (χ3n) is 2.48. The summed E-state index contributed by atoms with van der Waals surface area (Å²) in [6, 6.07) is 3.63. The Labute approximate surface area is 104 Å². The smallest absolute Gasteiger partial charge is 0.339 e. The summed E-state index contributed by atoms with van der Waals surface area (Å²) in [6.45, 7) is 1.88. The van der Waals surface area contributed by atoms with Crippen LogP contribution in [0.2, 0.25) is 0 Å². The molecule has 0 saturated carbocycles. The van der Waals surface area contributed by atoms with Gasteiger partial charge >= 0.3 is 5.97 Å². The fourth-order valence-corrected chi connectivity index (χ4v) is 1.38. The molecule has 1 amide bonds.